The zero-order chi connectivity index (χ0) is 14.8. The number of hydrogen-bond acceptors (Lipinski definition) is 6. The maximum absolute atomic E-state index is 9.98. The van der Waals surface area contributed by atoms with Gasteiger partial charge in [0.25, 0.3) is 0 Å². The van der Waals surface area contributed by atoms with Gasteiger partial charge in [-0.15, -0.1) is 0 Å². The maximum Gasteiger partial charge on any atom is 0.194 e. The van der Waals surface area contributed by atoms with Gasteiger partial charge in [-0.1, -0.05) is 19.6 Å². The van der Waals surface area contributed by atoms with Crippen molar-refractivity contribution in [2.24, 2.45) is 0 Å². The predicted octanol–water partition coefficient (Wildman–Crippen LogP) is -0.469. The quantitative estimate of drug-likeness (QED) is 0.512. The van der Waals surface area contributed by atoms with Gasteiger partial charge in [-0.3, -0.25) is 0 Å². The molecule has 1 heterocycles. The van der Waals surface area contributed by atoms with E-state index in [0.29, 0.717) is 6.61 Å². The normalized spacial score (nSPS) is 40.4. The number of ether oxygens (including phenoxy) is 2. The van der Waals surface area contributed by atoms with Gasteiger partial charge in [0.15, 0.2) is 5.79 Å². The molecule has 0 unspecified atom stereocenters. The maximum atomic E-state index is 9.98. The summed E-state index contributed by atoms with van der Waals surface area (Å²) in [5, 5.41) is 38.5. The zero-order valence-electron chi connectivity index (χ0n) is 12.0. The lowest BCUT2D eigenvalue weighted by Crippen LogP contribution is -2.65. The first-order valence-electron chi connectivity index (χ1n) is 6.57. The fraction of sp³-hybridized carbons (Fsp3) is 1.00. The average Bonchev–Trinajstić information content (AvgIpc) is 2.30. The Morgan fingerprint density at radius 1 is 1.16 bits per heavy atom. The molecule has 1 aliphatic rings. The van der Waals surface area contributed by atoms with Crippen LogP contribution in [0.3, 0.4) is 0 Å². The molecule has 0 aliphatic carbocycles. The molecule has 0 radical (unpaired) electrons. The van der Waals surface area contributed by atoms with Crippen molar-refractivity contribution in [3.8, 4) is 0 Å². The summed E-state index contributed by atoms with van der Waals surface area (Å²) in [6.45, 7) is 8.08. The molecule has 5 atom stereocenters. The fourth-order valence-electron chi connectivity index (χ4n) is 1.98. The van der Waals surface area contributed by atoms with Crippen LogP contribution in [0.15, 0.2) is 0 Å². The van der Waals surface area contributed by atoms with E-state index in [4.69, 9.17) is 14.6 Å². The summed E-state index contributed by atoms with van der Waals surface area (Å²) in [5.74, 6) is -1.41. The highest BCUT2D eigenvalue weighted by molar-refractivity contribution is 6.76. The lowest BCUT2D eigenvalue weighted by atomic mass is 9.93. The first-order valence-corrected chi connectivity index (χ1v) is 10.3. The molecule has 1 aliphatic heterocycles. The average molecular weight is 294 g/mol. The van der Waals surface area contributed by atoms with Gasteiger partial charge < -0.3 is 29.9 Å². The van der Waals surface area contributed by atoms with E-state index in [-0.39, 0.29) is 0 Å². The van der Waals surface area contributed by atoms with Crippen LogP contribution < -0.4 is 0 Å². The van der Waals surface area contributed by atoms with Crippen LogP contribution in [0.25, 0.3) is 0 Å². The highest BCUT2D eigenvalue weighted by Crippen LogP contribution is 2.31. The molecule has 4 N–H and O–H groups in total. The Bertz CT molecular complexity index is 292. The molecule has 19 heavy (non-hydrogen) atoms. The van der Waals surface area contributed by atoms with Gasteiger partial charge in [0.2, 0.25) is 0 Å². The zero-order valence-corrected chi connectivity index (χ0v) is 13.0. The van der Waals surface area contributed by atoms with Gasteiger partial charge >= 0.3 is 0 Å². The first-order chi connectivity index (χ1) is 8.60. The molecule has 0 spiro atoms. The van der Waals surface area contributed by atoms with Crippen molar-refractivity contribution >= 4 is 8.07 Å². The number of hydrogen-bond donors (Lipinski definition) is 4. The highest BCUT2D eigenvalue weighted by atomic mass is 28.3. The van der Waals surface area contributed by atoms with Crippen LogP contribution in [0.4, 0.5) is 0 Å². The summed E-state index contributed by atoms with van der Waals surface area (Å²) in [6, 6.07) is 0.890. The van der Waals surface area contributed by atoms with Crippen LogP contribution in [0.2, 0.25) is 25.7 Å². The van der Waals surface area contributed by atoms with Gasteiger partial charge in [-0.05, 0) is 13.0 Å². The smallest absolute Gasteiger partial charge is 0.194 e. The Morgan fingerprint density at radius 2 is 1.74 bits per heavy atom. The van der Waals surface area contributed by atoms with Crippen molar-refractivity contribution in [1.29, 1.82) is 0 Å². The van der Waals surface area contributed by atoms with Gasteiger partial charge in [0, 0.05) is 14.7 Å². The minimum atomic E-state index is -1.41. The SMILES string of the molecule is C[C@@]1(OCC[Si](C)(C)C)O[C@H](CO)[C@@H](O)[C@H](O)[C@H]1O. The molecule has 7 heteroatoms. The van der Waals surface area contributed by atoms with Crippen LogP contribution in [0, 0.1) is 0 Å². The standard InChI is InChI=1S/C12H26O6Si/c1-12(17-5-6-19(2,3)4)11(16)10(15)9(14)8(7-13)18-12/h8-11,13-16H,5-7H2,1-4H3/t8-,9-,10+,11-,12-/m1/s1. The lowest BCUT2D eigenvalue weighted by molar-refractivity contribution is -0.355. The molecule has 0 saturated carbocycles. The van der Waals surface area contributed by atoms with E-state index in [9.17, 15) is 15.3 Å². The third-order valence-corrected chi connectivity index (χ3v) is 5.10. The molecule has 0 aromatic rings. The van der Waals surface area contributed by atoms with Crippen LogP contribution in [-0.2, 0) is 9.47 Å². The summed E-state index contributed by atoms with van der Waals surface area (Å²) >= 11 is 0. The Labute approximate surface area is 115 Å². The molecule has 1 fully saturated rings. The largest absolute Gasteiger partial charge is 0.394 e. The summed E-state index contributed by atoms with van der Waals surface area (Å²) in [5.41, 5.74) is 0. The van der Waals surface area contributed by atoms with Crippen LogP contribution in [0.1, 0.15) is 6.92 Å². The van der Waals surface area contributed by atoms with Crippen molar-refractivity contribution in [1.82, 2.24) is 0 Å². The summed E-state index contributed by atoms with van der Waals surface area (Å²) in [4.78, 5) is 0. The van der Waals surface area contributed by atoms with Gasteiger partial charge in [-0.2, -0.15) is 0 Å². The van der Waals surface area contributed by atoms with E-state index in [1.807, 2.05) is 0 Å². The van der Waals surface area contributed by atoms with Crippen LogP contribution >= 0.6 is 0 Å². The number of aliphatic hydroxyl groups is 4. The summed E-state index contributed by atoms with van der Waals surface area (Å²) in [7, 11) is -1.28. The fourth-order valence-corrected chi connectivity index (χ4v) is 2.70. The minimum Gasteiger partial charge on any atom is -0.394 e. The molecule has 0 aromatic heterocycles. The Balaban J connectivity index is 2.67. The van der Waals surface area contributed by atoms with Crippen molar-refractivity contribution in [3.05, 3.63) is 0 Å². The Hall–Kier alpha value is -0.0231. The van der Waals surface area contributed by atoms with E-state index in [2.05, 4.69) is 19.6 Å². The number of rotatable bonds is 5. The molecular weight excluding hydrogens is 268 g/mol. The Kier molecular flexibility index (Phi) is 5.53. The van der Waals surface area contributed by atoms with E-state index in [1.54, 1.807) is 0 Å². The molecule has 1 saturated heterocycles. The van der Waals surface area contributed by atoms with E-state index in [0.717, 1.165) is 6.04 Å². The summed E-state index contributed by atoms with van der Waals surface area (Å²) < 4.78 is 11.0. The van der Waals surface area contributed by atoms with Crippen molar-refractivity contribution in [2.75, 3.05) is 13.2 Å². The molecule has 6 nitrogen and oxygen atoms in total. The van der Waals surface area contributed by atoms with Gasteiger partial charge in [0.1, 0.15) is 24.4 Å². The first kappa shape index (κ1) is 17.0. The summed E-state index contributed by atoms with van der Waals surface area (Å²) in [6.07, 6.45) is -5.04. The second-order valence-corrected chi connectivity index (χ2v) is 12.1. The van der Waals surface area contributed by atoms with E-state index >= 15 is 0 Å². The Morgan fingerprint density at radius 3 is 2.21 bits per heavy atom. The van der Waals surface area contributed by atoms with Gasteiger partial charge in [0.05, 0.1) is 6.61 Å². The third-order valence-electron chi connectivity index (χ3n) is 3.40. The van der Waals surface area contributed by atoms with E-state index < -0.39 is 44.9 Å². The molecule has 0 aromatic carbocycles. The topological polar surface area (TPSA) is 99.4 Å². The molecular formula is C12H26O6Si. The molecule has 0 amide bonds. The van der Waals surface area contributed by atoms with E-state index in [1.165, 1.54) is 6.92 Å². The van der Waals surface area contributed by atoms with Crippen LogP contribution in [-0.4, -0.2) is 71.9 Å². The van der Waals surface area contributed by atoms with Crippen LogP contribution in [0.5, 0.6) is 0 Å². The van der Waals surface area contributed by atoms with Crippen molar-refractivity contribution in [3.63, 3.8) is 0 Å². The second kappa shape index (κ2) is 6.17. The monoisotopic (exact) mass is 294 g/mol. The highest BCUT2D eigenvalue weighted by Gasteiger charge is 2.51. The molecule has 114 valence electrons. The lowest BCUT2D eigenvalue weighted by Gasteiger charge is -2.46. The second-order valence-electron chi connectivity index (χ2n) is 6.44. The third kappa shape index (κ3) is 4.22. The van der Waals surface area contributed by atoms with Gasteiger partial charge in [-0.25, -0.2) is 0 Å². The number of aliphatic hydroxyl groups excluding tert-OH is 4. The van der Waals surface area contributed by atoms with Crippen molar-refractivity contribution < 1.29 is 29.9 Å². The van der Waals surface area contributed by atoms with Crippen molar-refractivity contribution in [2.45, 2.75) is 62.8 Å². The predicted molar refractivity (Wildman–Crippen MR) is 72.5 cm³/mol. The minimum absolute atomic E-state index is 0.407. The molecule has 0 bridgehead atoms. The molecule has 1 rings (SSSR count).